The van der Waals surface area contributed by atoms with Crippen molar-refractivity contribution in [3.05, 3.63) is 48.0 Å². The van der Waals surface area contributed by atoms with Gasteiger partial charge in [0.25, 0.3) is 0 Å². The van der Waals surface area contributed by atoms with E-state index in [0.29, 0.717) is 32.6 Å². The van der Waals surface area contributed by atoms with Crippen molar-refractivity contribution >= 4 is 22.6 Å². The molecule has 2 aromatic carbocycles. The first-order valence-electron chi connectivity index (χ1n) is 9.68. The Morgan fingerprint density at radius 3 is 2.04 bits per heavy atom. The normalized spacial score (nSPS) is 18.5. The van der Waals surface area contributed by atoms with E-state index in [2.05, 4.69) is 33.4 Å². The first-order valence-corrected chi connectivity index (χ1v) is 9.68. The Hall–Kier alpha value is -2.44. The summed E-state index contributed by atoms with van der Waals surface area (Å²) in [5.41, 5.74) is 0.987. The van der Waals surface area contributed by atoms with Crippen LogP contribution in [0.5, 0.6) is 0 Å². The largest absolute Gasteiger partial charge is 0.354 e. The predicted molar refractivity (Wildman–Crippen MR) is 108 cm³/mol. The summed E-state index contributed by atoms with van der Waals surface area (Å²) in [4.78, 5) is 25.3. The van der Waals surface area contributed by atoms with E-state index in [1.165, 1.54) is 0 Å². The zero-order chi connectivity index (χ0) is 18.9. The van der Waals surface area contributed by atoms with Crippen LogP contribution in [0.15, 0.2) is 42.5 Å². The molecule has 1 aliphatic heterocycles. The van der Waals surface area contributed by atoms with Crippen LogP contribution in [0.4, 0.5) is 0 Å². The minimum absolute atomic E-state index is 0.215. The summed E-state index contributed by atoms with van der Waals surface area (Å²) < 4.78 is 0. The van der Waals surface area contributed by atoms with E-state index in [9.17, 15) is 9.59 Å². The molecule has 1 aliphatic rings. The van der Waals surface area contributed by atoms with Gasteiger partial charge in [0.2, 0.25) is 11.8 Å². The van der Waals surface area contributed by atoms with Gasteiger partial charge in [-0.25, -0.2) is 0 Å². The van der Waals surface area contributed by atoms with E-state index < -0.39 is 5.92 Å². The minimum Gasteiger partial charge on any atom is -0.354 e. The van der Waals surface area contributed by atoms with E-state index >= 15 is 0 Å². The van der Waals surface area contributed by atoms with Gasteiger partial charge in [-0.05, 0) is 42.3 Å². The third-order valence-corrected chi connectivity index (χ3v) is 4.80. The van der Waals surface area contributed by atoms with Crippen LogP contribution in [0.1, 0.15) is 12.0 Å². The van der Waals surface area contributed by atoms with Crippen LogP contribution in [0.3, 0.4) is 0 Å². The summed E-state index contributed by atoms with van der Waals surface area (Å²) in [6.45, 7) is 4.28. The maximum atomic E-state index is 12.6. The number of hydrogen-bond acceptors (Lipinski definition) is 4. The minimum atomic E-state index is -0.728. The average molecular weight is 368 g/mol. The molecule has 0 spiro atoms. The molecule has 2 aromatic rings. The van der Waals surface area contributed by atoms with E-state index in [1.54, 1.807) is 0 Å². The fraction of sp³-hybridized carbons (Fsp3) is 0.429. The van der Waals surface area contributed by atoms with Crippen molar-refractivity contribution < 1.29 is 9.59 Å². The molecule has 27 heavy (non-hydrogen) atoms. The highest BCUT2D eigenvalue weighted by Gasteiger charge is 2.26. The number of hydrogen-bond donors (Lipinski definition) is 4. The summed E-state index contributed by atoms with van der Waals surface area (Å²) in [6.07, 6.45) is 1.41. The fourth-order valence-corrected chi connectivity index (χ4v) is 3.29. The van der Waals surface area contributed by atoms with Gasteiger partial charge >= 0.3 is 0 Å². The molecule has 1 fully saturated rings. The van der Waals surface area contributed by atoms with Crippen molar-refractivity contribution in [1.29, 1.82) is 0 Å². The summed E-state index contributed by atoms with van der Waals surface area (Å²) in [5.74, 6) is -1.16. The molecule has 0 aliphatic carbocycles. The molecule has 0 unspecified atom stereocenters. The van der Waals surface area contributed by atoms with Gasteiger partial charge in [-0.15, -0.1) is 0 Å². The molecule has 0 radical (unpaired) electrons. The van der Waals surface area contributed by atoms with Crippen LogP contribution in [0.2, 0.25) is 0 Å². The van der Waals surface area contributed by atoms with E-state index in [1.807, 2.05) is 30.3 Å². The third kappa shape index (κ3) is 5.77. The highest BCUT2D eigenvalue weighted by Crippen LogP contribution is 2.18. The van der Waals surface area contributed by atoms with Gasteiger partial charge in [-0.2, -0.15) is 0 Å². The van der Waals surface area contributed by atoms with Crippen molar-refractivity contribution in [1.82, 2.24) is 21.3 Å². The Morgan fingerprint density at radius 2 is 1.37 bits per heavy atom. The highest BCUT2D eigenvalue weighted by atomic mass is 16.2. The first-order chi connectivity index (χ1) is 13.2. The van der Waals surface area contributed by atoms with Crippen LogP contribution < -0.4 is 21.3 Å². The smallest absolute Gasteiger partial charge is 0.232 e. The van der Waals surface area contributed by atoms with E-state index in [0.717, 1.165) is 35.8 Å². The predicted octanol–water partition coefficient (Wildman–Crippen LogP) is 0.814. The Labute approximate surface area is 160 Å². The number of fused-ring (bicyclic) bond motifs is 1. The van der Waals surface area contributed by atoms with Gasteiger partial charge in [-0.1, -0.05) is 42.5 Å². The topological polar surface area (TPSA) is 82.3 Å². The molecule has 1 heterocycles. The van der Waals surface area contributed by atoms with Crippen molar-refractivity contribution in [3.63, 3.8) is 0 Å². The van der Waals surface area contributed by atoms with Gasteiger partial charge in [0, 0.05) is 26.2 Å². The van der Waals surface area contributed by atoms with Crippen LogP contribution in [-0.2, 0) is 16.0 Å². The van der Waals surface area contributed by atoms with Crippen molar-refractivity contribution in [2.45, 2.75) is 12.8 Å². The summed E-state index contributed by atoms with van der Waals surface area (Å²) in [7, 11) is 0. The molecular weight excluding hydrogens is 340 g/mol. The Morgan fingerprint density at radius 1 is 0.741 bits per heavy atom. The zero-order valence-electron chi connectivity index (χ0n) is 15.6. The molecule has 3 rings (SSSR count). The van der Waals surface area contributed by atoms with Crippen LogP contribution in [-0.4, -0.2) is 51.1 Å². The highest BCUT2D eigenvalue weighted by molar-refractivity contribution is 6.00. The second-order valence-corrected chi connectivity index (χ2v) is 6.87. The first kappa shape index (κ1) is 19.3. The van der Waals surface area contributed by atoms with Crippen molar-refractivity contribution in [2.24, 2.45) is 5.92 Å². The molecule has 0 aromatic heterocycles. The van der Waals surface area contributed by atoms with Crippen LogP contribution in [0.25, 0.3) is 10.8 Å². The lowest BCUT2D eigenvalue weighted by atomic mass is 9.95. The Bertz CT molecular complexity index is 754. The fourth-order valence-electron chi connectivity index (χ4n) is 3.29. The van der Waals surface area contributed by atoms with Crippen molar-refractivity contribution in [2.75, 3.05) is 39.3 Å². The lowest BCUT2D eigenvalue weighted by Crippen LogP contribution is -2.46. The number of carbonyl (C=O) groups is 2. The number of carbonyl (C=O) groups excluding carboxylic acids is 2. The molecule has 6 heteroatoms. The third-order valence-electron chi connectivity index (χ3n) is 4.80. The van der Waals surface area contributed by atoms with Gasteiger partial charge < -0.3 is 21.3 Å². The molecule has 0 atom stereocenters. The molecule has 4 N–H and O–H groups in total. The van der Waals surface area contributed by atoms with Crippen molar-refractivity contribution in [3.8, 4) is 0 Å². The zero-order valence-corrected chi connectivity index (χ0v) is 15.6. The maximum Gasteiger partial charge on any atom is 0.232 e. The molecule has 2 amide bonds. The lowest BCUT2D eigenvalue weighted by Gasteiger charge is -2.18. The monoisotopic (exact) mass is 368 g/mol. The molecule has 1 saturated heterocycles. The Balaban J connectivity index is 1.72. The number of amides is 2. The second kappa shape index (κ2) is 10.0. The van der Waals surface area contributed by atoms with Gasteiger partial charge in [0.15, 0.2) is 0 Å². The summed E-state index contributed by atoms with van der Waals surface area (Å²) in [5, 5.41) is 14.7. The quantitative estimate of drug-likeness (QED) is 0.592. The lowest BCUT2D eigenvalue weighted by molar-refractivity contribution is -0.135. The molecular formula is C21H28N4O2. The maximum absolute atomic E-state index is 12.6. The SMILES string of the molecule is O=C1NCCNCCCNCCNC(=O)C1Cc1ccc2ccccc2c1. The standard InChI is InChI=1S/C21H28N4O2/c26-20-19(15-16-6-7-17-4-1-2-5-18(17)14-16)21(27)25-13-11-23-9-3-8-22-10-12-24-20/h1-2,4-7,14,19,22-23H,3,8-13,15H2,(H,24,26)(H,25,27). The Kier molecular flexibility index (Phi) is 7.19. The van der Waals surface area contributed by atoms with Gasteiger partial charge in [-0.3, -0.25) is 9.59 Å². The van der Waals surface area contributed by atoms with Crippen LogP contribution >= 0.6 is 0 Å². The summed E-state index contributed by atoms with van der Waals surface area (Å²) >= 11 is 0. The van der Waals surface area contributed by atoms with E-state index in [-0.39, 0.29) is 11.8 Å². The van der Waals surface area contributed by atoms with Gasteiger partial charge in [0.05, 0.1) is 0 Å². The summed E-state index contributed by atoms with van der Waals surface area (Å²) in [6, 6.07) is 14.2. The molecule has 144 valence electrons. The number of benzene rings is 2. The average Bonchev–Trinajstić information content (AvgIpc) is 2.69. The van der Waals surface area contributed by atoms with E-state index in [4.69, 9.17) is 0 Å². The van der Waals surface area contributed by atoms with Gasteiger partial charge in [0.1, 0.15) is 5.92 Å². The second-order valence-electron chi connectivity index (χ2n) is 6.87. The molecule has 0 bridgehead atoms. The number of nitrogens with one attached hydrogen (secondary N) is 4. The molecule has 6 nitrogen and oxygen atoms in total. The molecule has 0 saturated carbocycles. The van der Waals surface area contributed by atoms with Crippen LogP contribution in [0, 0.1) is 5.92 Å². The number of rotatable bonds is 2.